The number of hydrogen-bond acceptors (Lipinski definition) is 3. The molecule has 0 radical (unpaired) electrons. The van der Waals surface area contributed by atoms with Crippen molar-refractivity contribution >= 4 is 11.8 Å². The van der Waals surface area contributed by atoms with Gasteiger partial charge >= 0.3 is 0 Å². The molecule has 1 aliphatic heterocycles. The zero-order chi connectivity index (χ0) is 5.82. The summed E-state index contributed by atoms with van der Waals surface area (Å²) in [6.07, 6.45) is 0. The van der Waals surface area contributed by atoms with Gasteiger partial charge in [0.15, 0.2) is 0 Å². The second kappa shape index (κ2) is 3.33. The first kappa shape index (κ1) is 6.39. The average Bonchev–Trinajstić information content (AvgIpc) is 2.19. The third-order valence-corrected chi connectivity index (χ3v) is 2.25. The van der Waals surface area contributed by atoms with Gasteiger partial charge in [-0.05, 0) is 7.05 Å². The number of hydrogen-bond donors (Lipinski definition) is 2. The van der Waals surface area contributed by atoms with Crippen molar-refractivity contribution in [3.05, 3.63) is 0 Å². The predicted molar refractivity (Wildman–Crippen MR) is 38.2 cm³/mol. The molecule has 0 amide bonds. The van der Waals surface area contributed by atoms with E-state index in [9.17, 15) is 0 Å². The summed E-state index contributed by atoms with van der Waals surface area (Å²) in [7, 11) is 1.99. The lowest BCUT2D eigenvalue weighted by Gasteiger charge is -2.05. The van der Waals surface area contributed by atoms with Gasteiger partial charge in [-0.3, -0.25) is 0 Å². The highest BCUT2D eigenvalue weighted by molar-refractivity contribution is 7.99. The van der Waals surface area contributed by atoms with Crippen LogP contribution in [0.1, 0.15) is 0 Å². The van der Waals surface area contributed by atoms with E-state index >= 15 is 0 Å². The normalized spacial score (nSPS) is 28.9. The first-order chi connectivity index (χ1) is 3.93. The lowest BCUT2D eigenvalue weighted by Crippen LogP contribution is -2.33. The SMILES string of the molecule is CNCC1CSCN1. The Labute approximate surface area is 54.4 Å². The molecule has 1 fully saturated rings. The minimum atomic E-state index is 0.713. The van der Waals surface area contributed by atoms with Crippen molar-refractivity contribution in [3.63, 3.8) is 0 Å². The molecule has 0 aliphatic carbocycles. The lowest BCUT2D eigenvalue weighted by molar-refractivity contribution is 0.591. The van der Waals surface area contributed by atoms with Crippen LogP contribution >= 0.6 is 11.8 Å². The third-order valence-electron chi connectivity index (χ3n) is 1.24. The Kier molecular flexibility index (Phi) is 2.66. The smallest absolute Gasteiger partial charge is 0.0421 e. The summed E-state index contributed by atoms with van der Waals surface area (Å²) in [4.78, 5) is 0. The monoisotopic (exact) mass is 132 g/mol. The molecule has 2 nitrogen and oxygen atoms in total. The van der Waals surface area contributed by atoms with Crippen LogP contribution in [0.25, 0.3) is 0 Å². The molecule has 1 rings (SSSR count). The Morgan fingerprint density at radius 2 is 2.75 bits per heavy atom. The zero-order valence-electron chi connectivity index (χ0n) is 5.11. The van der Waals surface area contributed by atoms with Crippen molar-refractivity contribution in [2.75, 3.05) is 25.2 Å². The first-order valence-electron chi connectivity index (χ1n) is 2.89. The van der Waals surface area contributed by atoms with Crippen LogP contribution < -0.4 is 10.6 Å². The molecular formula is C5H12N2S. The van der Waals surface area contributed by atoms with E-state index in [0.29, 0.717) is 6.04 Å². The summed E-state index contributed by atoms with van der Waals surface area (Å²) in [6, 6.07) is 0.713. The van der Waals surface area contributed by atoms with E-state index in [1.807, 2.05) is 18.8 Å². The van der Waals surface area contributed by atoms with Gasteiger partial charge in [0.25, 0.3) is 0 Å². The van der Waals surface area contributed by atoms with Gasteiger partial charge < -0.3 is 10.6 Å². The topological polar surface area (TPSA) is 24.1 Å². The highest BCUT2D eigenvalue weighted by atomic mass is 32.2. The van der Waals surface area contributed by atoms with Crippen molar-refractivity contribution in [2.24, 2.45) is 0 Å². The highest BCUT2D eigenvalue weighted by Crippen LogP contribution is 2.07. The maximum atomic E-state index is 3.36. The van der Waals surface area contributed by atoms with Crippen LogP contribution in [0.2, 0.25) is 0 Å². The molecule has 1 unspecified atom stereocenters. The van der Waals surface area contributed by atoms with E-state index in [1.165, 1.54) is 5.75 Å². The lowest BCUT2D eigenvalue weighted by atomic mass is 10.3. The van der Waals surface area contributed by atoms with Crippen LogP contribution in [0.4, 0.5) is 0 Å². The van der Waals surface area contributed by atoms with Gasteiger partial charge in [-0.2, -0.15) is 0 Å². The standard InChI is InChI=1S/C5H12N2S/c1-6-2-5-3-8-4-7-5/h5-7H,2-4H2,1H3. The van der Waals surface area contributed by atoms with E-state index in [4.69, 9.17) is 0 Å². The van der Waals surface area contributed by atoms with Crippen molar-refractivity contribution in [2.45, 2.75) is 6.04 Å². The Bertz CT molecular complexity index is 61.4. The summed E-state index contributed by atoms with van der Waals surface area (Å²) in [6.45, 7) is 1.10. The second-order valence-corrected chi connectivity index (χ2v) is 3.00. The summed E-state index contributed by atoms with van der Waals surface area (Å²) in [5.74, 6) is 2.40. The predicted octanol–water partition coefficient (Wildman–Crippen LogP) is -0.132. The summed E-state index contributed by atoms with van der Waals surface area (Å²) in [5, 5.41) is 6.49. The molecule has 3 heteroatoms. The molecule has 0 aromatic rings. The van der Waals surface area contributed by atoms with Crippen molar-refractivity contribution in [3.8, 4) is 0 Å². The van der Waals surface area contributed by atoms with E-state index in [-0.39, 0.29) is 0 Å². The molecule has 8 heavy (non-hydrogen) atoms. The first-order valence-corrected chi connectivity index (χ1v) is 4.04. The molecular weight excluding hydrogens is 120 g/mol. The molecule has 0 saturated carbocycles. The van der Waals surface area contributed by atoms with Crippen LogP contribution in [0, 0.1) is 0 Å². The molecule has 1 saturated heterocycles. The second-order valence-electron chi connectivity index (χ2n) is 1.97. The zero-order valence-corrected chi connectivity index (χ0v) is 5.92. The van der Waals surface area contributed by atoms with Crippen molar-refractivity contribution in [1.82, 2.24) is 10.6 Å². The number of rotatable bonds is 2. The summed E-state index contributed by atoms with van der Waals surface area (Å²) >= 11 is 1.97. The largest absolute Gasteiger partial charge is 0.318 e. The van der Waals surface area contributed by atoms with Gasteiger partial charge in [-0.25, -0.2) is 0 Å². The molecule has 1 atom stereocenters. The van der Waals surface area contributed by atoms with E-state index in [2.05, 4.69) is 10.6 Å². The van der Waals surface area contributed by atoms with Crippen LogP contribution in [0.3, 0.4) is 0 Å². The van der Waals surface area contributed by atoms with E-state index in [0.717, 1.165) is 12.4 Å². The number of likely N-dealkylation sites (N-methyl/N-ethyl adjacent to an activating group) is 1. The summed E-state index contributed by atoms with van der Waals surface area (Å²) < 4.78 is 0. The molecule has 1 heterocycles. The third kappa shape index (κ3) is 1.65. The number of nitrogens with one attached hydrogen (secondary N) is 2. The highest BCUT2D eigenvalue weighted by Gasteiger charge is 2.11. The fourth-order valence-corrected chi connectivity index (χ4v) is 1.81. The molecule has 0 aromatic heterocycles. The molecule has 48 valence electrons. The van der Waals surface area contributed by atoms with Crippen LogP contribution in [-0.2, 0) is 0 Å². The maximum absolute atomic E-state index is 3.36. The van der Waals surface area contributed by atoms with Gasteiger partial charge in [0.2, 0.25) is 0 Å². The van der Waals surface area contributed by atoms with Gasteiger partial charge in [0.1, 0.15) is 0 Å². The molecule has 0 bridgehead atoms. The fraction of sp³-hybridized carbons (Fsp3) is 1.00. The molecule has 0 aromatic carbocycles. The quantitative estimate of drug-likeness (QED) is 0.547. The van der Waals surface area contributed by atoms with Crippen LogP contribution in [0.15, 0.2) is 0 Å². The molecule has 2 N–H and O–H groups in total. The Morgan fingerprint density at radius 1 is 1.88 bits per heavy atom. The van der Waals surface area contributed by atoms with Crippen molar-refractivity contribution in [1.29, 1.82) is 0 Å². The molecule has 1 aliphatic rings. The van der Waals surface area contributed by atoms with Gasteiger partial charge in [-0.1, -0.05) is 0 Å². The Morgan fingerprint density at radius 3 is 3.25 bits per heavy atom. The van der Waals surface area contributed by atoms with Gasteiger partial charge in [0.05, 0.1) is 0 Å². The van der Waals surface area contributed by atoms with Crippen LogP contribution in [-0.4, -0.2) is 31.3 Å². The minimum absolute atomic E-state index is 0.713. The maximum Gasteiger partial charge on any atom is 0.0421 e. The average molecular weight is 132 g/mol. The van der Waals surface area contributed by atoms with Crippen molar-refractivity contribution < 1.29 is 0 Å². The van der Waals surface area contributed by atoms with Gasteiger partial charge in [-0.15, -0.1) is 11.8 Å². The fourth-order valence-electron chi connectivity index (χ4n) is 0.814. The summed E-state index contributed by atoms with van der Waals surface area (Å²) in [5.41, 5.74) is 0. The Hall–Kier alpha value is 0.270. The number of thioether (sulfide) groups is 1. The Balaban J connectivity index is 2.06. The van der Waals surface area contributed by atoms with E-state index in [1.54, 1.807) is 0 Å². The minimum Gasteiger partial charge on any atom is -0.318 e. The van der Waals surface area contributed by atoms with Crippen LogP contribution in [0.5, 0.6) is 0 Å². The van der Waals surface area contributed by atoms with E-state index < -0.39 is 0 Å². The molecule has 0 spiro atoms. The van der Waals surface area contributed by atoms with Gasteiger partial charge in [0, 0.05) is 24.2 Å².